The third kappa shape index (κ3) is 4.21. The van der Waals surface area contributed by atoms with Crippen LogP contribution >= 0.6 is 11.6 Å². The lowest BCUT2D eigenvalue weighted by molar-refractivity contribution is -0.115. The maximum absolute atomic E-state index is 13.0. The molecule has 0 aliphatic carbocycles. The predicted octanol–water partition coefficient (Wildman–Crippen LogP) is 6.57. The van der Waals surface area contributed by atoms with Gasteiger partial charge in [-0.25, -0.2) is 0 Å². The number of hydrogen-bond acceptors (Lipinski definition) is 4. The number of hydrogen-bond donors (Lipinski definition) is 2. The summed E-state index contributed by atoms with van der Waals surface area (Å²) in [5.41, 5.74) is 3.90. The van der Waals surface area contributed by atoms with Gasteiger partial charge in [0.15, 0.2) is 0 Å². The summed E-state index contributed by atoms with van der Waals surface area (Å²) in [5.74, 6) is -0.771. The first kappa shape index (κ1) is 20.8. The summed E-state index contributed by atoms with van der Waals surface area (Å²) in [5, 5.41) is 7.64. The minimum absolute atomic E-state index is 0.0113. The molecule has 0 aliphatic rings. The first-order valence-electron chi connectivity index (χ1n) is 10.3. The molecule has 5 rings (SSSR count). The molecule has 0 unspecified atom stereocenters. The standard InChI is InChI=1S/C26H19ClN2O4/c1-15-9-10-19-16(14-32-22(19)11-15)12-23(30)29-24-20-7-2-3-8-21(20)33-25(24)26(31)28-18-6-4-5-17(27)13-18/h2-11,13-14H,12H2,1H3,(H,28,31)(H,29,30). The summed E-state index contributed by atoms with van der Waals surface area (Å²) in [7, 11) is 0. The van der Waals surface area contributed by atoms with Crippen molar-refractivity contribution in [2.75, 3.05) is 10.6 Å². The third-order valence-corrected chi connectivity index (χ3v) is 5.55. The molecule has 0 aliphatic heterocycles. The number of benzene rings is 3. The summed E-state index contributed by atoms with van der Waals surface area (Å²) >= 11 is 6.02. The number of amides is 2. The van der Waals surface area contributed by atoms with Crippen LogP contribution < -0.4 is 10.6 Å². The fourth-order valence-corrected chi connectivity index (χ4v) is 3.96. The number of fused-ring (bicyclic) bond motifs is 2. The fraction of sp³-hybridized carbons (Fsp3) is 0.0769. The number of carbonyl (C=O) groups is 2. The van der Waals surface area contributed by atoms with E-state index in [9.17, 15) is 9.59 Å². The Morgan fingerprint density at radius 1 is 0.909 bits per heavy atom. The molecule has 0 radical (unpaired) electrons. The topological polar surface area (TPSA) is 84.5 Å². The van der Waals surface area contributed by atoms with E-state index in [4.69, 9.17) is 20.4 Å². The summed E-state index contributed by atoms with van der Waals surface area (Å²) in [6.07, 6.45) is 1.68. The van der Waals surface area contributed by atoms with E-state index in [1.54, 1.807) is 48.7 Å². The van der Waals surface area contributed by atoms with Crippen LogP contribution in [0.5, 0.6) is 0 Å². The molecular weight excluding hydrogens is 440 g/mol. The van der Waals surface area contributed by atoms with E-state index in [0.29, 0.717) is 27.4 Å². The molecule has 2 heterocycles. The van der Waals surface area contributed by atoms with Gasteiger partial charge in [0.1, 0.15) is 16.9 Å². The molecule has 33 heavy (non-hydrogen) atoms. The third-order valence-electron chi connectivity index (χ3n) is 5.31. The number of rotatable bonds is 5. The van der Waals surface area contributed by atoms with E-state index in [0.717, 1.165) is 22.1 Å². The maximum atomic E-state index is 13.0. The van der Waals surface area contributed by atoms with Crippen molar-refractivity contribution in [2.45, 2.75) is 13.3 Å². The summed E-state index contributed by atoms with van der Waals surface area (Å²) in [6.45, 7) is 1.98. The molecule has 0 saturated carbocycles. The molecule has 2 aromatic heterocycles. The Bertz CT molecular complexity index is 1520. The number of anilines is 2. The van der Waals surface area contributed by atoms with E-state index in [1.807, 2.05) is 31.2 Å². The zero-order valence-electron chi connectivity index (χ0n) is 17.6. The Labute approximate surface area is 194 Å². The lowest BCUT2D eigenvalue weighted by Gasteiger charge is -2.07. The molecule has 0 spiro atoms. The highest BCUT2D eigenvalue weighted by atomic mass is 35.5. The van der Waals surface area contributed by atoms with Crippen LogP contribution in [0, 0.1) is 6.92 Å². The SMILES string of the molecule is Cc1ccc2c(CC(=O)Nc3c(C(=O)Nc4cccc(Cl)c4)oc4ccccc34)coc2c1. The van der Waals surface area contributed by atoms with Crippen LogP contribution in [0.2, 0.25) is 5.02 Å². The fourth-order valence-electron chi connectivity index (χ4n) is 3.77. The van der Waals surface area contributed by atoms with Crippen molar-refractivity contribution in [3.8, 4) is 0 Å². The Kier molecular flexibility index (Phi) is 5.36. The minimum Gasteiger partial charge on any atom is -0.464 e. The van der Waals surface area contributed by atoms with Gasteiger partial charge in [0.05, 0.1) is 12.7 Å². The Morgan fingerprint density at radius 2 is 1.76 bits per heavy atom. The van der Waals surface area contributed by atoms with Crippen molar-refractivity contribution in [1.29, 1.82) is 0 Å². The van der Waals surface area contributed by atoms with E-state index in [-0.39, 0.29) is 18.1 Å². The Hall–Kier alpha value is -4.03. The second-order valence-electron chi connectivity index (χ2n) is 7.75. The molecule has 0 atom stereocenters. The first-order valence-corrected chi connectivity index (χ1v) is 10.7. The largest absolute Gasteiger partial charge is 0.464 e. The molecule has 2 N–H and O–H groups in total. The summed E-state index contributed by atoms with van der Waals surface area (Å²) < 4.78 is 11.4. The average Bonchev–Trinajstić information content (AvgIpc) is 3.35. The number of aryl methyl sites for hydroxylation is 1. The molecular formula is C26H19ClN2O4. The molecule has 5 aromatic rings. The summed E-state index contributed by atoms with van der Waals surface area (Å²) in [6, 6.07) is 19.8. The number of halogens is 1. The van der Waals surface area contributed by atoms with Gasteiger partial charge < -0.3 is 19.5 Å². The lowest BCUT2D eigenvalue weighted by atomic mass is 10.1. The van der Waals surface area contributed by atoms with Gasteiger partial charge in [0.2, 0.25) is 11.7 Å². The monoisotopic (exact) mass is 458 g/mol. The highest BCUT2D eigenvalue weighted by Crippen LogP contribution is 2.32. The number of nitrogens with one attached hydrogen (secondary N) is 2. The molecule has 0 saturated heterocycles. The van der Waals surface area contributed by atoms with Crippen molar-refractivity contribution < 1.29 is 18.4 Å². The van der Waals surface area contributed by atoms with Crippen LogP contribution in [0.3, 0.4) is 0 Å². The number of furan rings is 2. The lowest BCUT2D eigenvalue weighted by Crippen LogP contribution is -2.18. The molecule has 3 aromatic carbocycles. The summed E-state index contributed by atoms with van der Waals surface area (Å²) in [4.78, 5) is 26.0. The minimum atomic E-state index is -0.493. The average molecular weight is 459 g/mol. The van der Waals surface area contributed by atoms with Gasteiger partial charge in [-0.1, -0.05) is 41.9 Å². The first-order chi connectivity index (χ1) is 16.0. The highest BCUT2D eigenvalue weighted by molar-refractivity contribution is 6.31. The van der Waals surface area contributed by atoms with Gasteiger partial charge in [0.25, 0.3) is 5.91 Å². The van der Waals surface area contributed by atoms with Crippen LogP contribution in [0.25, 0.3) is 21.9 Å². The Morgan fingerprint density at radius 3 is 2.61 bits per heavy atom. The van der Waals surface area contributed by atoms with E-state index >= 15 is 0 Å². The molecule has 7 heteroatoms. The van der Waals surface area contributed by atoms with Crippen molar-refractivity contribution in [3.05, 3.63) is 94.9 Å². The van der Waals surface area contributed by atoms with E-state index in [2.05, 4.69) is 10.6 Å². The van der Waals surface area contributed by atoms with Crippen molar-refractivity contribution in [3.63, 3.8) is 0 Å². The maximum Gasteiger partial charge on any atom is 0.293 e. The van der Waals surface area contributed by atoms with Gasteiger partial charge in [-0.3, -0.25) is 9.59 Å². The second kappa shape index (κ2) is 8.48. The van der Waals surface area contributed by atoms with E-state index < -0.39 is 5.91 Å². The number of para-hydroxylation sites is 1. The van der Waals surface area contributed by atoms with Gasteiger partial charge in [-0.2, -0.15) is 0 Å². The smallest absolute Gasteiger partial charge is 0.293 e. The number of carbonyl (C=O) groups excluding carboxylic acids is 2. The molecule has 0 fully saturated rings. The molecule has 2 amide bonds. The van der Waals surface area contributed by atoms with Gasteiger partial charge in [0, 0.05) is 27.0 Å². The highest BCUT2D eigenvalue weighted by Gasteiger charge is 2.23. The van der Waals surface area contributed by atoms with E-state index in [1.165, 1.54) is 0 Å². The quantitative estimate of drug-likeness (QED) is 0.312. The van der Waals surface area contributed by atoms with Crippen LogP contribution in [0.15, 0.2) is 81.8 Å². The molecule has 164 valence electrons. The van der Waals surface area contributed by atoms with Crippen molar-refractivity contribution in [1.82, 2.24) is 0 Å². The normalized spacial score (nSPS) is 11.1. The Balaban J connectivity index is 1.44. The van der Waals surface area contributed by atoms with Gasteiger partial charge in [-0.15, -0.1) is 0 Å². The van der Waals surface area contributed by atoms with Crippen LogP contribution in [0.1, 0.15) is 21.7 Å². The predicted molar refractivity (Wildman–Crippen MR) is 129 cm³/mol. The zero-order chi connectivity index (χ0) is 22.9. The van der Waals surface area contributed by atoms with Gasteiger partial charge >= 0.3 is 0 Å². The van der Waals surface area contributed by atoms with Crippen LogP contribution in [0.4, 0.5) is 11.4 Å². The zero-order valence-corrected chi connectivity index (χ0v) is 18.4. The molecule has 6 nitrogen and oxygen atoms in total. The van der Waals surface area contributed by atoms with Crippen LogP contribution in [-0.2, 0) is 11.2 Å². The van der Waals surface area contributed by atoms with Crippen LogP contribution in [-0.4, -0.2) is 11.8 Å². The second-order valence-corrected chi connectivity index (χ2v) is 8.19. The van der Waals surface area contributed by atoms with Gasteiger partial charge in [-0.05, 0) is 48.9 Å². The van der Waals surface area contributed by atoms with Crippen molar-refractivity contribution >= 4 is 56.7 Å². The van der Waals surface area contributed by atoms with Crippen molar-refractivity contribution in [2.24, 2.45) is 0 Å². The molecule has 0 bridgehead atoms.